The summed E-state index contributed by atoms with van der Waals surface area (Å²) in [6.45, 7) is 0.698. The second kappa shape index (κ2) is 19.1. The fourth-order valence-electron chi connectivity index (χ4n) is 8.13. The smallest absolute Gasteiger partial charge is 0.258 e. The molecular weight excluding hydrogens is 1000 g/mol. The van der Waals surface area contributed by atoms with Gasteiger partial charge < -0.3 is 0 Å². The van der Waals surface area contributed by atoms with Crippen LogP contribution in [0.25, 0.3) is 22.0 Å². The highest BCUT2D eigenvalue weighted by Gasteiger charge is 2.52. The lowest BCUT2D eigenvalue weighted by atomic mass is 9.12. The molecule has 0 spiro atoms. The number of non-ortho nitro benzene ring substituents is 1. The third-order valence-electron chi connectivity index (χ3n) is 11.2. The number of hydrogen-bond donors (Lipinski definition) is 0. The highest BCUT2D eigenvalue weighted by atomic mass is 19.2. The summed E-state index contributed by atoms with van der Waals surface area (Å²) in [6.07, 6.45) is -5.17. The van der Waals surface area contributed by atoms with Crippen molar-refractivity contribution in [2.24, 2.45) is 0 Å². The zero-order chi connectivity index (χ0) is 52.3. The van der Waals surface area contributed by atoms with Crippen LogP contribution in [0.4, 0.5) is 93.5 Å². The molecule has 0 fully saturated rings. The normalized spacial score (nSPS) is 11.5. The highest BCUT2D eigenvalue weighted by Crippen LogP contribution is 2.32. The Labute approximate surface area is 382 Å². The molecule has 25 heteroatoms. The molecule has 0 amide bonds. The van der Waals surface area contributed by atoms with Gasteiger partial charge in [-0.05, 0) is 17.5 Å². The Bertz CT molecular complexity index is 3130. The lowest BCUT2D eigenvalue weighted by Gasteiger charge is -2.44. The largest absolute Gasteiger partial charge is 0.270 e. The van der Waals surface area contributed by atoms with Gasteiger partial charge >= 0.3 is 0 Å². The quantitative estimate of drug-likeness (QED) is 0.0290. The molecule has 0 aliphatic rings. The first-order chi connectivity index (χ1) is 33.4. The molecule has 71 heavy (non-hydrogen) atoms. The molecule has 0 atom stereocenters. The molecule has 8 aromatic rings. The molecule has 0 saturated heterocycles. The van der Waals surface area contributed by atoms with Crippen molar-refractivity contribution in [1.82, 2.24) is 0 Å². The Kier molecular flexibility index (Phi) is 13.7. The number of benzene rings is 7. The predicted molar refractivity (Wildman–Crippen MR) is 211 cm³/mol. The molecule has 0 aliphatic carbocycles. The van der Waals surface area contributed by atoms with Crippen LogP contribution in [0.3, 0.4) is 0 Å². The van der Waals surface area contributed by atoms with E-state index in [1.165, 1.54) is 11.6 Å². The highest BCUT2D eigenvalue weighted by molar-refractivity contribution is 7.20. The maximum absolute atomic E-state index is 15.4. The van der Waals surface area contributed by atoms with Crippen LogP contribution in [0.1, 0.15) is 5.56 Å². The number of halogens is 20. The van der Waals surface area contributed by atoms with E-state index in [2.05, 4.69) is 34.9 Å². The van der Waals surface area contributed by atoms with Crippen LogP contribution in [-0.2, 0) is 6.54 Å². The minimum atomic E-state index is -7.22. The summed E-state index contributed by atoms with van der Waals surface area (Å²) < 4.78 is 296. The van der Waals surface area contributed by atoms with Gasteiger partial charge in [0.15, 0.2) is 82.5 Å². The summed E-state index contributed by atoms with van der Waals surface area (Å²) in [6, 6.07) is 27.2. The van der Waals surface area contributed by atoms with Crippen molar-refractivity contribution in [2.45, 2.75) is 6.54 Å². The lowest BCUT2D eigenvalue weighted by Crippen LogP contribution is -2.81. The van der Waals surface area contributed by atoms with Gasteiger partial charge in [-0.1, -0.05) is 54.6 Å². The van der Waals surface area contributed by atoms with E-state index in [0.717, 1.165) is 22.0 Å². The van der Waals surface area contributed by atoms with Gasteiger partial charge in [0.1, 0.15) is 52.7 Å². The maximum atomic E-state index is 15.4. The minimum absolute atomic E-state index is 0.0988. The zero-order valence-corrected chi connectivity index (χ0v) is 34.2. The molecule has 366 valence electrons. The van der Waals surface area contributed by atoms with Gasteiger partial charge in [0.2, 0.25) is 5.69 Å². The average Bonchev–Trinajstić information content (AvgIpc) is 3.36. The van der Waals surface area contributed by atoms with Crippen LogP contribution >= 0.6 is 0 Å². The van der Waals surface area contributed by atoms with Crippen molar-refractivity contribution in [2.75, 3.05) is 0 Å². The monoisotopic (exact) mass is 1020 g/mol. The SMILES string of the molecule is Fc1c(F)c(F)c([B-](c2c(F)c(F)c(F)c(F)c2F)(c2c(F)c(F)c(F)c(F)c2F)c2c(F)c(F)c(F)c(F)c2F)c(F)c1F.O=[N+]([O-])c1cccc(-c2c3ccccc3cc[n+]2Cc2ccccc2)c1. The predicted octanol–water partition coefficient (Wildman–Crippen LogP) is 10.6. The Morgan fingerprint density at radius 1 is 0.394 bits per heavy atom. The number of aromatic nitrogens is 1. The van der Waals surface area contributed by atoms with Crippen molar-refractivity contribution in [1.29, 1.82) is 0 Å². The molecule has 0 bridgehead atoms. The third-order valence-corrected chi connectivity index (χ3v) is 11.2. The number of nitro groups is 1. The van der Waals surface area contributed by atoms with Gasteiger partial charge in [-0.3, -0.25) is 10.1 Å². The Morgan fingerprint density at radius 3 is 1.10 bits per heavy atom. The summed E-state index contributed by atoms with van der Waals surface area (Å²) in [7, 11) is 0. The van der Waals surface area contributed by atoms with Gasteiger partial charge in [-0.25, -0.2) is 87.8 Å². The van der Waals surface area contributed by atoms with Gasteiger partial charge in [0.25, 0.3) is 5.69 Å². The van der Waals surface area contributed by atoms with E-state index in [-0.39, 0.29) is 10.6 Å². The Morgan fingerprint density at radius 2 is 0.732 bits per heavy atom. The molecule has 4 nitrogen and oxygen atoms in total. The summed E-state index contributed by atoms with van der Waals surface area (Å²) in [4.78, 5) is 10.9. The molecule has 7 aromatic carbocycles. The summed E-state index contributed by atoms with van der Waals surface area (Å²) in [5.41, 5.74) is -11.2. The first-order valence-corrected chi connectivity index (χ1v) is 19.4. The van der Waals surface area contributed by atoms with Gasteiger partial charge in [-0.2, -0.15) is 4.57 Å². The Balaban J connectivity index is 0.000000240. The molecule has 0 saturated carbocycles. The van der Waals surface area contributed by atoms with E-state index in [9.17, 15) is 62.8 Å². The summed E-state index contributed by atoms with van der Waals surface area (Å²) in [5.74, 6) is -71.4. The number of hydrogen-bond acceptors (Lipinski definition) is 2. The molecule has 0 unspecified atom stereocenters. The number of fused-ring (bicyclic) bond motifs is 1. The topological polar surface area (TPSA) is 47.0 Å². The van der Waals surface area contributed by atoms with Gasteiger partial charge in [0.05, 0.1) is 15.9 Å². The number of nitro benzene ring substituents is 1. The van der Waals surface area contributed by atoms with Crippen LogP contribution < -0.4 is 26.4 Å². The summed E-state index contributed by atoms with van der Waals surface area (Å²) in [5, 5.41) is 13.4. The van der Waals surface area contributed by atoms with Crippen LogP contribution in [0.5, 0.6) is 0 Å². The first kappa shape index (κ1) is 50.9. The van der Waals surface area contributed by atoms with Crippen molar-refractivity contribution in [3.05, 3.63) is 223 Å². The van der Waals surface area contributed by atoms with E-state index in [4.69, 9.17) is 0 Å². The first-order valence-electron chi connectivity index (χ1n) is 19.4. The molecule has 0 aliphatic heterocycles. The van der Waals surface area contributed by atoms with Crippen LogP contribution in [-0.4, -0.2) is 11.1 Å². The van der Waals surface area contributed by atoms with Gasteiger partial charge in [0, 0.05) is 23.8 Å². The van der Waals surface area contributed by atoms with Gasteiger partial charge in [-0.15, -0.1) is 21.9 Å². The number of rotatable bonds is 8. The van der Waals surface area contributed by atoms with Crippen molar-refractivity contribution in [3.63, 3.8) is 0 Å². The molecule has 8 rings (SSSR count). The Hall–Kier alpha value is -7.99. The van der Waals surface area contributed by atoms with E-state index in [0.29, 0.717) is 6.54 Å². The molecule has 1 aromatic heterocycles. The molecular formula is C46H17BF20N2O2. The standard InChI is InChI=1S/C24BF20.C22H17N2O2/c26-5-1(6(27)14(35)21(42)13(5)34)25(2-7(28)15(36)22(43)16(37)8(2)29,3-9(30)17(38)23(44)18(39)10(3)31)4-11(32)19(40)24(45)20(41)12(4)33;25-24(26)20-11-6-10-19(15-20)22-21-12-5-4-9-18(21)13-14-23(22)16-17-7-2-1-3-8-17/h;1-15H,16H2/q-1;+1. The second-order valence-electron chi connectivity index (χ2n) is 15.0. The lowest BCUT2D eigenvalue weighted by molar-refractivity contribution is -0.676. The van der Waals surface area contributed by atoms with Crippen LogP contribution in [0.15, 0.2) is 91.1 Å². The molecule has 0 radical (unpaired) electrons. The van der Waals surface area contributed by atoms with Crippen molar-refractivity contribution < 1.29 is 97.3 Å². The van der Waals surface area contributed by atoms with Crippen LogP contribution in [0, 0.1) is 126 Å². The zero-order valence-electron chi connectivity index (χ0n) is 34.2. The second-order valence-corrected chi connectivity index (χ2v) is 15.0. The average molecular weight is 1020 g/mol. The van der Waals surface area contributed by atoms with E-state index < -0.39 is 144 Å². The third kappa shape index (κ3) is 8.10. The van der Waals surface area contributed by atoms with Crippen LogP contribution in [0.2, 0.25) is 0 Å². The number of pyridine rings is 1. The van der Waals surface area contributed by atoms with E-state index in [1.54, 1.807) is 12.1 Å². The maximum Gasteiger partial charge on any atom is 0.270 e. The van der Waals surface area contributed by atoms with E-state index in [1.807, 2.05) is 42.6 Å². The fourth-order valence-corrected chi connectivity index (χ4v) is 8.13. The van der Waals surface area contributed by atoms with Crippen molar-refractivity contribution >= 4 is 44.5 Å². The van der Waals surface area contributed by atoms with Crippen molar-refractivity contribution in [3.8, 4) is 11.3 Å². The minimum Gasteiger partial charge on any atom is -0.258 e. The fraction of sp³-hybridized carbons (Fsp3) is 0.0217. The molecule has 1 heterocycles. The number of nitrogens with zero attached hydrogens (tertiary/aromatic N) is 2. The van der Waals surface area contributed by atoms with E-state index >= 15 is 35.1 Å². The molecule has 0 N–H and O–H groups in total. The summed E-state index contributed by atoms with van der Waals surface area (Å²) >= 11 is 0.